The zero-order valence-electron chi connectivity index (χ0n) is 14.7. The quantitative estimate of drug-likeness (QED) is 0.403. The SMILES string of the molecule is CN(Cc1cccs1)C(=O)COC(=O)c1ccccc1SCc1cscn1. The van der Waals surface area contributed by atoms with Crippen LogP contribution >= 0.6 is 34.4 Å². The summed E-state index contributed by atoms with van der Waals surface area (Å²) in [5.41, 5.74) is 3.22. The standard InChI is InChI=1S/C19H18N2O3S3/c1-21(9-15-5-4-8-26-15)18(22)10-24-19(23)16-6-2-3-7-17(16)27-12-14-11-25-13-20-14/h2-8,11,13H,9-10,12H2,1H3. The summed E-state index contributed by atoms with van der Waals surface area (Å²) in [6.45, 7) is 0.236. The van der Waals surface area contributed by atoms with Gasteiger partial charge in [0.2, 0.25) is 0 Å². The fourth-order valence-corrected chi connectivity index (χ4v) is 4.63. The number of likely N-dealkylation sites (N-methyl/N-ethyl adjacent to an activating group) is 1. The molecule has 27 heavy (non-hydrogen) atoms. The van der Waals surface area contributed by atoms with E-state index in [0.29, 0.717) is 17.9 Å². The van der Waals surface area contributed by atoms with E-state index in [4.69, 9.17) is 4.74 Å². The van der Waals surface area contributed by atoms with E-state index in [-0.39, 0.29) is 12.5 Å². The fourth-order valence-electron chi connectivity index (χ4n) is 2.26. The number of aromatic nitrogens is 1. The van der Waals surface area contributed by atoms with Crippen molar-refractivity contribution in [2.45, 2.75) is 17.2 Å². The van der Waals surface area contributed by atoms with Crippen LogP contribution in [0.15, 0.2) is 57.6 Å². The average Bonchev–Trinajstić information content (AvgIpc) is 3.38. The number of carbonyl (C=O) groups excluding carboxylic acids is 2. The van der Waals surface area contributed by atoms with E-state index < -0.39 is 5.97 Å². The van der Waals surface area contributed by atoms with Gasteiger partial charge in [-0.25, -0.2) is 9.78 Å². The van der Waals surface area contributed by atoms with Gasteiger partial charge in [0, 0.05) is 28.0 Å². The van der Waals surface area contributed by atoms with Gasteiger partial charge in [-0.15, -0.1) is 34.4 Å². The van der Waals surface area contributed by atoms with Crippen molar-refractivity contribution in [1.82, 2.24) is 9.88 Å². The molecule has 2 aromatic heterocycles. The summed E-state index contributed by atoms with van der Waals surface area (Å²) in [5.74, 6) is -0.0466. The average molecular weight is 419 g/mol. The molecule has 0 saturated heterocycles. The summed E-state index contributed by atoms with van der Waals surface area (Å²) < 4.78 is 5.25. The van der Waals surface area contributed by atoms with Crippen LogP contribution in [0.3, 0.4) is 0 Å². The Bertz CT molecular complexity index is 880. The van der Waals surface area contributed by atoms with Crippen molar-refractivity contribution < 1.29 is 14.3 Å². The highest BCUT2D eigenvalue weighted by Gasteiger charge is 2.17. The van der Waals surface area contributed by atoms with Gasteiger partial charge >= 0.3 is 5.97 Å². The van der Waals surface area contributed by atoms with Gasteiger partial charge in [0.15, 0.2) is 6.61 Å². The molecule has 0 atom stereocenters. The highest BCUT2D eigenvalue weighted by molar-refractivity contribution is 7.98. The molecule has 0 aliphatic rings. The molecule has 140 valence electrons. The Kier molecular flexibility index (Phi) is 7.03. The normalized spacial score (nSPS) is 10.6. The molecule has 0 aliphatic heterocycles. The van der Waals surface area contributed by atoms with Gasteiger partial charge in [0.05, 0.1) is 23.3 Å². The molecular formula is C19H18N2O3S3. The minimum atomic E-state index is -0.491. The van der Waals surface area contributed by atoms with Crippen molar-refractivity contribution in [3.05, 3.63) is 68.8 Å². The van der Waals surface area contributed by atoms with Crippen LogP contribution < -0.4 is 0 Å². The lowest BCUT2D eigenvalue weighted by atomic mass is 10.2. The molecule has 3 aromatic rings. The minimum absolute atomic E-state index is 0.232. The van der Waals surface area contributed by atoms with Crippen LogP contribution in [0.2, 0.25) is 0 Å². The number of thiophene rings is 1. The van der Waals surface area contributed by atoms with Gasteiger partial charge in [0.25, 0.3) is 5.91 Å². The van der Waals surface area contributed by atoms with E-state index in [2.05, 4.69) is 4.98 Å². The number of rotatable bonds is 8. The monoisotopic (exact) mass is 418 g/mol. The molecule has 0 radical (unpaired) electrons. The van der Waals surface area contributed by atoms with Crippen molar-refractivity contribution in [3.8, 4) is 0 Å². The van der Waals surface area contributed by atoms with Crippen LogP contribution in [0.5, 0.6) is 0 Å². The first-order valence-corrected chi connectivity index (χ1v) is 11.0. The maximum atomic E-state index is 12.5. The lowest BCUT2D eigenvalue weighted by Gasteiger charge is -2.16. The van der Waals surface area contributed by atoms with Crippen molar-refractivity contribution >= 4 is 46.3 Å². The Morgan fingerprint density at radius 1 is 1.22 bits per heavy atom. The number of carbonyl (C=O) groups is 2. The number of ether oxygens (including phenoxy) is 1. The molecule has 1 aromatic carbocycles. The third kappa shape index (κ3) is 5.66. The third-order valence-corrected chi connectivity index (χ3v) is 6.30. The number of thioether (sulfide) groups is 1. The lowest BCUT2D eigenvalue weighted by molar-refractivity contribution is -0.133. The van der Waals surface area contributed by atoms with Crippen LogP contribution in [0.1, 0.15) is 20.9 Å². The summed E-state index contributed by atoms with van der Waals surface area (Å²) in [5, 5.41) is 3.95. The first kappa shape index (κ1) is 19.6. The zero-order valence-corrected chi connectivity index (χ0v) is 17.1. The summed E-state index contributed by atoms with van der Waals surface area (Å²) in [6.07, 6.45) is 0. The van der Waals surface area contributed by atoms with E-state index >= 15 is 0 Å². The highest BCUT2D eigenvalue weighted by atomic mass is 32.2. The minimum Gasteiger partial charge on any atom is -0.452 e. The molecule has 0 fully saturated rings. The number of nitrogens with zero attached hydrogens (tertiary/aromatic N) is 2. The maximum Gasteiger partial charge on any atom is 0.339 e. The van der Waals surface area contributed by atoms with E-state index in [0.717, 1.165) is 15.5 Å². The Morgan fingerprint density at radius 3 is 2.81 bits per heavy atom. The molecule has 2 heterocycles. The van der Waals surface area contributed by atoms with Crippen LogP contribution in [-0.4, -0.2) is 35.4 Å². The van der Waals surface area contributed by atoms with Crippen LogP contribution in [-0.2, 0) is 21.8 Å². The number of hydrogen-bond donors (Lipinski definition) is 0. The lowest BCUT2D eigenvalue weighted by Crippen LogP contribution is -2.30. The predicted octanol–water partition coefficient (Wildman–Crippen LogP) is 4.31. The number of thiazole rings is 1. The molecule has 0 spiro atoms. The largest absolute Gasteiger partial charge is 0.452 e. The maximum absolute atomic E-state index is 12.5. The van der Waals surface area contributed by atoms with Crippen LogP contribution in [0, 0.1) is 0 Å². The van der Waals surface area contributed by atoms with Gasteiger partial charge in [-0.05, 0) is 23.6 Å². The second-order valence-electron chi connectivity index (χ2n) is 5.67. The summed E-state index contributed by atoms with van der Waals surface area (Å²) in [7, 11) is 1.70. The van der Waals surface area contributed by atoms with E-state index in [1.54, 1.807) is 52.3 Å². The Hall–Kier alpha value is -2.16. The Labute approximate surface area is 170 Å². The Balaban J connectivity index is 1.55. The molecule has 0 aliphatic carbocycles. The second kappa shape index (κ2) is 9.68. The fraction of sp³-hybridized carbons (Fsp3) is 0.211. The van der Waals surface area contributed by atoms with E-state index in [1.165, 1.54) is 11.8 Å². The molecular weight excluding hydrogens is 400 g/mol. The van der Waals surface area contributed by atoms with Gasteiger partial charge in [0.1, 0.15) is 0 Å². The molecule has 0 unspecified atom stereocenters. The predicted molar refractivity (Wildman–Crippen MR) is 109 cm³/mol. The van der Waals surface area contributed by atoms with Crippen molar-refractivity contribution in [2.75, 3.05) is 13.7 Å². The van der Waals surface area contributed by atoms with Crippen LogP contribution in [0.25, 0.3) is 0 Å². The first-order chi connectivity index (χ1) is 13.1. The molecule has 0 N–H and O–H groups in total. The molecule has 1 amide bonds. The van der Waals surface area contributed by atoms with E-state index in [1.807, 2.05) is 35.0 Å². The van der Waals surface area contributed by atoms with Crippen molar-refractivity contribution in [1.29, 1.82) is 0 Å². The van der Waals surface area contributed by atoms with Gasteiger partial charge < -0.3 is 9.64 Å². The van der Waals surface area contributed by atoms with E-state index in [9.17, 15) is 9.59 Å². The van der Waals surface area contributed by atoms with Crippen molar-refractivity contribution in [2.24, 2.45) is 0 Å². The molecule has 8 heteroatoms. The van der Waals surface area contributed by atoms with Crippen molar-refractivity contribution in [3.63, 3.8) is 0 Å². The van der Waals surface area contributed by atoms with Gasteiger partial charge in [-0.2, -0.15) is 0 Å². The number of esters is 1. The molecule has 0 bridgehead atoms. The molecule has 5 nitrogen and oxygen atoms in total. The van der Waals surface area contributed by atoms with Gasteiger partial charge in [-0.3, -0.25) is 4.79 Å². The molecule has 0 saturated carbocycles. The Morgan fingerprint density at radius 2 is 2.07 bits per heavy atom. The van der Waals surface area contributed by atoms with Crippen LogP contribution in [0.4, 0.5) is 0 Å². The number of hydrogen-bond acceptors (Lipinski definition) is 7. The first-order valence-electron chi connectivity index (χ1n) is 8.16. The van der Waals surface area contributed by atoms with Gasteiger partial charge in [-0.1, -0.05) is 18.2 Å². The number of benzene rings is 1. The summed E-state index contributed by atoms with van der Waals surface area (Å²) in [4.78, 5) is 32.4. The summed E-state index contributed by atoms with van der Waals surface area (Å²) >= 11 is 4.66. The third-order valence-electron chi connectivity index (χ3n) is 3.69. The zero-order chi connectivity index (χ0) is 19.1. The number of amides is 1. The highest BCUT2D eigenvalue weighted by Crippen LogP contribution is 2.26. The second-order valence-corrected chi connectivity index (χ2v) is 8.44. The summed E-state index contributed by atoms with van der Waals surface area (Å²) in [6, 6.07) is 11.2. The smallest absolute Gasteiger partial charge is 0.339 e. The molecule has 3 rings (SSSR count). The topological polar surface area (TPSA) is 59.5 Å².